The van der Waals surface area contributed by atoms with E-state index in [-0.39, 0.29) is 0 Å². The van der Waals surface area contributed by atoms with Gasteiger partial charge in [-0.05, 0) is 18.2 Å². The Kier molecular flexibility index (Phi) is 3.83. The van der Waals surface area contributed by atoms with Crippen molar-refractivity contribution in [2.75, 3.05) is 19.5 Å². The summed E-state index contributed by atoms with van der Waals surface area (Å²) < 4.78 is 10.6. The molecule has 0 radical (unpaired) electrons. The summed E-state index contributed by atoms with van der Waals surface area (Å²) in [6.07, 6.45) is 0.426. The lowest BCUT2D eigenvalue weighted by atomic mass is 10.0. The molecule has 0 amide bonds. The van der Waals surface area contributed by atoms with Crippen molar-refractivity contribution in [3.8, 4) is 11.5 Å². The predicted molar refractivity (Wildman–Crippen MR) is 91.0 cm³/mol. The van der Waals surface area contributed by atoms with Gasteiger partial charge in [0.05, 0.1) is 14.2 Å². The van der Waals surface area contributed by atoms with Crippen molar-refractivity contribution in [2.45, 2.75) is 12.2 Å². The minimum atomic E-state index is -1.03. The Bertz CT molecular complexity index is 760. The number of hydrogen-bond donors (Lipinski definition) is 3. The minimum absolute atomic E-state index is 0.425. The topological polar surface area (TPSA) is 94.9 Å². The lowest BCUT2D eigenvalue weighted by Crippen LogP contribution is -2.52. The summed E-state index contributed by atoms with van der Waals surface area (Å²) in [5.74, 6) is 0.819. The van der Waals surface area contributed by atoms with Crippen molar-refractivity contribution in [1.29, 1.82) is 0 Å². The zero-order chi connectivity index (χ0) is 16.4. The van der Waals surface area contributed by atoms with E-state index in [0.717, 1.165) is 22.6 Å². The summed E-state index contributed by atoms with van der Waals surface area (Å²) in [7, 11) is 3.23. The first-order chi connectivity index (χ1) is 11.0. The summed E-state index contributed by atoms with van der Waals surface area (Å²) in [6.45, 7) is 0. The number of hydrogen-bond acceptors (Lipinski definition) is 6. The van der Waals surface area contributed by atoms with E-state index in [9.17, 15) is 0 Å². The van der Waals surface area contributed by atoms with E-state index in [1.165, 1.54) is 0 Å². The van der Waals surface area contributed by atoms with Crippen LogP contribution in [0, 0.1) is 0 Å². The van der Waals surface area contributed by atoms with Crippen molar-refractivity contribution in [3.05, 3.63) is 53.6 Å². The minimum Gasteiger partial charge on any atom is -0.497 e. The van der Waals surface area contributed by atoms with Crippen LogP contribution in [0.15, 0.2) is 47.5 Å². The lowest BCUT2D eigenvalue weighted by Gasteiger charge is -2.33. The van der Waals surface area contributed by atoms with E-state index in [1.54, 1.807) is 14.2 Å². The molecule has 0 spiro atoms. The normalized spacial score (nSPS) is 19.3. The maximum Gasteiger partial charge on any atom is 0.188 e. The van der Waals surface area contributed by atoms with Gasteiger partial charge in [0, 0.05) is 29.3 Å². The first kappa shape index (κ1) is 15.2. The van der Waals surface area contributed by atoms with Gasteiger partial charge in [-0.25, -0.2) is 4.99 Å². The fourth-order valence-electron chi connectivity index (χ4n) is 2.72. The van der Waals surface area contributed by atoms with Crippen molar-refractivity contribution in [2.24, 2.45) is 16.5 Å². The number of nitrogens with two attached hydrogens (primary N) is 2. The van der Waals surface area contributed by atoms with Gasteiger partial charge in [-0.3, -0.25) is 5.73 Å². The zero-order valence-electron chi connectivity index (χ0n) is 13.2. The smallest absolute Gasteiger partial charge is 0.188 e. The van der Waals surface area contributed by atoms with Crippen LogP contribution in [0.4, 0.5) is 5.69 Å². The van der Waals surface area contributed by atoms with Crippen LogP contribution in [0.1, 0.15) is 11.1 Å². The molecule has 0 fully saturated rings. The number of aliphatic imine (C=N–C) groups is 1. The van der Waals surface area contributed by atoms with E-state index in [1.807, 2.05) is 42.5 Å². The van der Waals surface area contributed by atoms with Crippen molar-refractivity contribution >= 4 is 11.5 Å². The SMILES string of the molecule is COc1ccc(CC2(N)N=C(N)c3ccccc3N2)c(OC)c1. The predicted octanol–water partition coefficient (Wildman–Crippen LogP) is 1.69. The number of nitrogens with zero attached hydrogens (tertiary/aromatic N) is 1. The summed E-state index contributed by atoms with van der Waals surface area (Å²) in [6, 6.07) is 13.3. The van der Waals surface area contributed by atoms with Gasteiger partial charge in [0.25, 0.3) is 0 Å². The number of anilines is 1. The van der Waals surface area contributed by atoms with Crippen LogP contribution in [0.25, 0.3) is 0 Å². The van der Waals surface area contributed by atoms with Crippen LogP contribution in [0.5, 0.6) is 11.5 Å². The molecule has 0 aliphatic carbocycles. The molecule has 6 nitrogen and oxygen atoms in total. The molecule has 1 aliphatic heterocycles. The first-order valence-electron chi connectivity index (χ1n) is 7.27. The monoisotopic (exact) mass is 312 g/mol. The molecule has 0 aromatic heterocycles. The third-order valence-corrected chi connectivity index (χ3v) is 3.83. The van der Waals surface area contributed by atoms with Crippen LogP contribution in [-0.4, -0.2) is 25.8 Å². The van der Waals surface area contributed by atoms with Crippen LogP contribution in [0.3, 0.4) is 0 Å². The molecule has 1 atom stereocenters. The molecule has 3 rings (SSSR count). The second-order valence-electron chi connectivity index (χ2n) is 5.45. The molecule has 5 N–H and O–H groups in total. The van der Waals surface area contributed by atoms with Crippen molar-refractivity contribution in [3.63, 3.8) is 0 Å². The van der Waals surface area contributed by atoms with E-state index >= 15 is 0 Å². The molecule has 23 heavy (non-hydrogen) atoms. The van der Waals surface area contributed by atoms with Gasteiger partial charge in [-0.2, -0.15) is 0 Å². The highest BCUT2D eigenvalue weighted by Gasteiger charge is 2.31. The van der Waals surface area contributed by atoms with Gasteiger partial charge in [0.2, 0.25) is 0 Å². The number of nitrogens with one attached hydrogen (secondary N) is 1. The summed E-state index contributed by atoms with van der Waals surface area (Å²) in [5, 5.41) is 3.26. The number of fused-ring (bicyclic) bond motifs is 1. The van der Waals surface area contributed by atoms with Gasteiger partial charge >= 0.3 is 0 Å². The molecule has 1 aliphatic rings. The van der Waals surface area contributed by atoms with Gasteiger partial charge in [-0.1, -0.05) is 18.2 Å². The molecule has 2 aromatic carbocycles. The van der Waals surface area contributed by atoms with Gasteiger partial charge in [-0.15, -0.1) is 0 Å². The molecule has 2 aromatic rings. The van der Waals surface area contributed by atoms with E-state index in [0.29, 0.717) is 18.0 Å². The second kappa shape index (κ2) is 5.81. The molecule has 0 bridgehead atoms. The van der Waals surface area contributed by atoms with Crippen LogP contribution in [0.2, 0.25) is 0 Å². The third kappa shape index (κ3) is 2.93. The fourth-order valence-corrected chi connectivity index (χ4v) is 2.72. The summed E-state index contributed by atoms with van der Waals surface area (Å²) in [4.78, 5) is 4.44. The number of para-hydroxylation sites is 1. The molecule has 1 unspecified atom stereocenters. The first-order valence-corrected chi connectivity index (χ1v) is 7.27. The molecule has 0 saturated heterocycles. The molecule has 120 valence electrons. The standard InChI is InChI=1S/C17H20N4O2/c1-22-12-8-7-11(15(9-12)23-2)10-17(19)20-14-6-4-3-5-13(14)16(18)21-17/h3-9,20H,10,19H2,1-2H3,(H2,18,21). The molecular weight excluding hydrogens is 292 g/mol. The highest BCUT2D eigenvalue weighted by Crippen LogP contribution is 2.31. The molecular formula is C17H20N4O2. The van der Waals surface area contributed by atoms with Crippen molar-refractivity contribution in [1.82, 2.24) is 0 Å². The van der Waals surface area contributed by atoms with Crippen LogP contribution >= 0.6 is 0 Å². The Morgan fingerprint density at radius 1 is 1.13 bits per heavy atom. The van der Waals surface area contributed by atoms with Crippen LogP contribution in [-0.2, 0) is 6.42 Å². The average molecular weight is 312 g/mol. The molecule has 6 heteroatoms. The second-order valence-corrected chi connectivity index (χ2v) is 5.45. The van der Waals surface area contributed by atoms with Gasteiger partial charge in [0.1, 0.15) is 17.3 Å². The van der Waals surface area contributed by atoms with Gasteiger partial charge < -0.3 is 20.5 Å². The summed E-state index contributed by atoms with van der Waals surface area (Å²) in [5.41, 5.74) is 15.1. The Hall–Kier alpha value is -2.73. The molecule has 1 heterocycles. The Morgan fingerprint density at radius 2 is 1.91 bits per heavy atom. The maximum absolute atomic E-state index is 6.43. The largest absolute Gasteiger partial charge is 0.497 e. The van der Waals surface area contributed by atoms with E-state index in [2.05, 4.69) is 10.3 Å². The highest BCUT2D eigenvalue weighted by atomic mass is 16.5. The number of rotatable bonds is 4. The quantitative estimate of drug-likeness (QED) is 0.798. The van der Waals surface area contributed by atoms with E-state index in [4.69, 9.17) is 20.9 Å². The highest BCUT2D eigenvalue weighted by molar-refractivity contribution is 6.04. The maximum atomic E-state index is 6.43. The zero-order valence-corrected chi connectivity index (χ0v) is 13.2. The third-order valence-electron chi connectivity index (χ3n) is 3.83. The molecule has 0 saturated carbocycles. The number of methoxy groups -OCH3 is 2. The Labute approximate surface area is 135 Å². The fraction of sp³-hybridized carbons (Fsp3) is 0.235. The van der Waals surface area contributed by atoms with Crippen molar-refractivity contribution < 1.29 is 9.47 Å². The summed E-state index contributed by atoms with van der Waals surface area (Å²) >= 11 is 0. The number of amidine groups is 1. The Morgan fingerprint density at radius 3 is 2.65 bits per heavy atom. The number of benzene rings is 2. The van der Waals surface area contributed by atoms with Gasteiger partial charge in [0.15, 0.2) is 5.79 Å². The average Bonchev–Trinajstić information content (AvgIpc) is 2.54. The Balaban J connectivity index is 1.93. The van der Waals surface area contributed by atoms with E-state index < -0.39 is 5.79 Å². The number of ether oxygens (including phenoxy) is 2. The van der Waals surface area contributed by atoms with Crippen LogP contribution < -0.4 is 26.3 Å². The lowest BCUT2D eigenvalue weighted by molar-refractivity contribution is 0.386.